The number of rotatable bonds is 1. The Kier molecular flexibility index (Phi) is 2.48. The Morgan fingerprint density at radius 1 is 1.45 bits per heavy atom. The van der Waals surface area contributed by atoms with Gasteiger partial charge in [0.1, 0.15) is 6.17 Å². The van der Waals surface area contributed by atoms with Gasteiger partial charge in [-0.05, 0) is 18.9 Å². The molecule has 1 aliphatic carbocycles. The SMILES string of the molecule is CC1=CC(F)C(C(C)C)C=C1. The van der Waals surface area contributed by atoms with Gasteiger partial charge in [-0.1, -0.05) is 31.6 Å². The number of hydrogen-bond acceptors (Lipinski definition) is 0. The number of halogens is 1. The van der Waals surface area contributed by atoms with Crippen LogP contribution in [0.25, 0.3) is 0 Å². The van der Waals surface area contributed by atoms with Crippen LogP contribution in [0, 0.1) is 11.8 Å². The van der Waals surface area contributed by atoms with Crippen LogP contribution in [0.4, 0.5) is 4.39 Å². The van der Waals surface area contributed by atoms with Crippen molar-refractivity contribution in [1.29, 1.82) is 0 Å². The van der Waals surface area contributed by atoms with Crippen molar-refractivity contribution in [3.8, 4) is 0 Å². The highest BCUT2D eigenvalue weighted by Crippen LogP contribution is 2.25. The minimum Gasteiger partial charge on any atom is -0.242 e. The summed E-state index contributed by atoms with van der Waals surface area (Å²) in [5, 5.41) is 0. The maximum absolute atomic E-state index is 13.2. The molecule has 11 heavy (non-hydrogen) atoms. The van der Waals surface area contributed by atoms with E-state index in [1.165, 1.54) is 0 Å². The topological polar surface area (TPSA) is 0 Å². The van der Waals surface area contributed by atoms with Crippen molar-refractivity contribution in [2.45, 2.75) is 26.9 Å². The monoisotopic (exact) mass is 154 g/mol. The molecule has 1 rings (SSSR count). The average molecular weight is 154 g/mol. The van der Waals surface area contributed by atoms with Gasteiger partial charge in [0.25, 0.3) is 0 Å². The van der Waals surface area contributed by atoms with Crippen molar-refractivity contribution >= 4 is 0 Å². The third kappa shape index (κ3) is 1.92. The van der Waals surface area contributed by atoms with Gasteiger partial charge in [0.2, 0.25) is 0 Å². The maximum atomic E-state index is 13.2. The van der Waals surface area contributed by atoms with Gasteiger partial charge in [-0.2, -0.15) is 0 Å². The van der Waals surface area contributed by atoms with E-state index in [1.807, 2.05) is 19.1 Å². The van der Waals surface area contributed by atoms with E-state index in [0.717, 1.165) is 5.57 Å². The molecule has 0 aromatic heterocycles. The summed E-state index contributed by atoms with van der Waals surface area (Å²) in [6, 6.07) is 0. The summed E-state index contributed by atoms with van der Waals surface area (Å²) < 4.78 is 13.2. The Hall–Kier alpha value is -0.590. The summed E-state index contributed by atoms with van der Waals surface area (Å²) in [5.74, 6) is 0.476. The maximum Gasteiger partial charge on any atom is 0.125 e. The van der Waals surface area contributed by atoms with E-state index < -0.39 is 6.17 Å². The van der Waals surface area contributed by atoms with Gasteiger partial charge in [-0.3, -0.25) is 0 Å². The summed E-state index contributed by atoms with van der Waals surface area (Å²) in [6.07, 6.45) is 4.90. The summed E-state index contributed by atoms with van der Waals surface area (Å²) in [7, 11) is 0. The molecule has 0 amide bonds. The van der Waals surface area contributed by atoms with Crippen molar-refractivity contribution in [2.24, 2.45) is 11.8 Å². The zero-order valence-corrected chi connectivity index (χ0v) is 7.34. The van der Waals surface area contributed by atoms with Gasteiger partial charge in [0, 0.05) is 5.92 Å². The first-order chi connectivity index (χ1) is 5.11. The van der Waals surface area contributed by atoms with E-state index in [2.05, 4.69) is 13.8 Å². The fourth-order valence-electron chi connectivity index (χ4n) is 1.38. The molecule has 0 spiro atoms. The van der Waals surface area contributed by atoms with Gasteiger partial charge in [-0.25, -0.2) is 4.39 Å². The summed E-state index contributed by atoms with van der Waals surface area (Å²) >= 11 is 0. The van der Waals surface area contributed by atoms with E-state index in [0.29, 0.717) is 5.92 Å². The van der Waals surface area contributed by atoms with Gasteiger partial charge in [-0.15, -0.1) is 0 Å². The van der Waals surface area contributed by atoms with Gasteiger partial charge in [0.15, 0.2) is 0 Å². The summed E-state index contributed by atoms with van der Waals surface area (Å²) in [4.78, 5) is 0. The van der Waals surface area contributed by atoms with E-state index in [4.69, 9.17) is 0 Å². The zero-order chi connectivity index (χ0) is 8.43. The van der Waals surface area contributed by atoms with Crippen LogP contribution in [0.15, 0.2) is 23.8 Å². The lowest BCUT2D eigenvalue weighted by molar-refractivity contribution is 0.265. The third-order valence-corrected chi connectivity index (χ3v) is 2.14. The number of allylic oxidation sites excluding steroid dienone is 4. The minimum atomic E-state index is -0.778. The van der Waals surface area contributed by atoms with Crippen molar-refractivity contribution in [2.75, 3.05) is 0 Å². The summed E-state index contributed by atoms with van der Waals surface area (Å²) in [6.45, 7) is 6.03. The van der Waals surface area contributed by atoms with Crippen LogP contribution < -0.4 is 0 Å². The average Bonchev–Trinajstić information content (AvgIpc) is 1.85. The molecule has 0 nitrogen and oxygen atoms in total. The molecule has 1 heteroatoms. The molecule has 2 atom stereocenters. The molecule has 0 fully saturated rings. The molecule has 0 bridgehead atoms. The molecule has 0 saturated carbocycles. The van der Waals surface area contributed by atoms with Crippen LogP contribution in [-0.4, -0.2) is 6.17 Å². The highest BCUT2D eigenvalue weighted by molar-refractivity contribution is 5.24. The predicted octanol–water partition coefficient (Wildman–Crippen LogP) is 3.11. The Morgan fingerprint density at radius 2 is 2.09 bits per heavy atom. The molecule has 0 heterocycles. The second kappa shape index (κ2) is 3.21. The molecule has 62 valence electrons. The molecule has 0 radical (unpaired) electrons. The molecule has 0 aromatic carbocycles. The molecule has 1 aliphatic rings. The quantitative estimate of drug-likeness (QED) is 0.544. The number of alkyl halides is 1. The first-order valence-electron chi connectivity index (χ1n) is 4.12. The fourth-order valence-corrected chi connectivity index (χ4v) is 1.38. The standard InChI is InChI=1S/C10H15F/c1-7(2)9-5-4-8(3)6-10(9)11/h4-7,9-10H,1-3H3. The zero-order valence-electron chi connectivity index (χ0n) is 7.34. The molecule has 2 unspecified atom stereocenters. The lowest BCUT2D eigenvalue weighted by Gasteiger charge is -2.22. The van der Waals surface area contributed by atoms with Crippen molar-refractivity contribution in [3.05, 3.63) is 23.8 Å². The smallest absolute Gasteiger partial charge is 0.125 e. The molecule has 0 aliphatic heterocycles. The lowest BCUT2D eigenvalue weighted by Crippen LogP contribution is -2.19. The van der Waals surface area contributed by atoms with Crippen LogP contribution in [0.5, 0.6) is 0 Å². The minimum absolute atomic E-state index is 0.0821. The molecule has 0 N–H and O–H groups in total. The summed E-state index contributed by atoms with van der Waals surface area (Å²) in [5.41, 5.74) is 1.04. The van der Waals surface area contributed by atoms with E-state index in [1.54, 1.807) is 6.08 Å². The van der Waals surface area contributed by atoms with E-state index >= 15 is 0 Å². The Labute approximate surface area is 67.8 Å². The van der Waals surface area contributed by atoms with Gasteiger partial charge < -0.3 is 0 Å². The van der Waals surface area contributed by atoms with Gasteiger partial charge in [0.05, 0.1) is 0 Å². The first kappa shape index (κ1) is 8.51. The molecule has 0 saturated heterocycles. The molecule has 0 aromatic rings. The lowest BCUT2D eigenvalue weighted by atomic mass is 9.86. The van der Waals surface area contributed by atoms with Crippen LogP contribution in [-0.2, 0) is 0 Å². The predicted molar refractivity (Wildman–Crippen MR) is 46.1 cm³/mol. The molecular weight excluding hydrogens is 139 g/mol. The Bertz CT molecular complexity index is 189. The van der Waals surface area contributed by atoms with E-state index in [-0.39, 0.29) is 5.92 Å². The normalized spacial score (nSPS) is 30.8. The van der Waals surface area contributed by atoms with E-state index in [9.17, 15) is 4.39 Å². The highest BCUT2D eigenvalue weighted by Gasteiger charge is 2.21. The van der Waals surface area contributed by atoms with Crippen LogP contribution in [0.1, 0.15) is 20.8 Å². The second-order valence-electron chi connectivity index (χ2n) is 3.54. The highest BCUT2D eigenvalue weighted by atomic mass is 19.1. The Balaban J connectivity index is 2.69. The van der Waals surface area contributed by atoms with Crippen molar-refractivity contribution in [3.63, 3.8) is 0 Å². The Morgan fingerprint density at radius 3 is 2.55 bits per heavy atom. The van der Waals surface area contributed by atoms with Crippen LogP contribution >= 0.6 is 0 Å². The first-order valence-corrected chi connectivity index (χ1v) is 4.12. The van der Waals surface area contributed by atoms with Crippen molar-refractivity contribution < 1.29 is 4.39 Å². The third-order valence-electron chi connectivity index (χ3n) is 2.14. The molecular formula is C10H15F. The van der Waals surface area contributed by atoms with Crippen molar-refractivity contribution in [1.82, 2.24) is 0 Å². The van der Waals surface area contributed by atoms with Crippen LogP contribution in [0.3, 0.4) is 0 Å². The van der Waals surface area contributed by atoms with Crippen LogP contribution in [0.2, 0.25) is 0 Å². The largest absolute Gasteiger partial charge is 0.242 e. The number of hydrogen-bond donors (Lipinski definition) is 0. The fraction of sp³-hybridized carbons (Fsp3) is 0.600. The van der Waals surface area contributed by atoms with Gasteiger partial charge >= 0.3 is 0 Å². The second-order valence-corrected chi connectivity index (χ2v) is 3.54.